The molecule has 2 heterocycles. The summed E-state index contributed by atoms with van der Waals surface area (Å²) in [5, 5.41) is 3.48. The minimum absolute atomic E-state index is 0. The zero-order valence-electron chi connectivity index (χ0n) is 16.6. The van der Waals surface area contributed by atoms with E-state index in [2.05, 4.69) is 29.0 Å². The van der Waals surface area contributed by atoms with Crippen molar-refractivity contribution in [3.63, 3.8) is 0 Å². The van der Waals surface area contributed by atoms with E-state index < -0.39 is 0 Å². The topological polar surface area (TPSA) is 35.6 Å². The molecule has 1 aliphatic carbocycles. The number of hydrogen-bond acceptors (Lipinski definition) is 3. The van der Waals surface area contributed by atoms with Crippen molar-refractivity contribution >= 4 is 30.7 Å². The Kier molecular flexibility index (Phi) is 10.8. The van der Waals surface area contributed by atoms with Crippen LogP contribution in [0.4, 0.5) is 0 Å². The van der Waals surface area contributed by atoms with Gasteiger partial charge in [0.15, 0.2) is 0 Å². The molecule has 1 amide bonds. The van der Waals surface area contributed by atoms with E-state index in [4.69, 9.17) is 0 Å². The summed E-state index contributed by atoms with van der Waals surface area (Å²) in [6.07, 6.45) is 8.79. The highest BCUT2D eigenvalue weighted by Gasteiger charge is 2.30. The Labute approximate surface area is 172 Å². The molecule has 0 aromatic heterocycles. The maximum Gasteiger partial charge on any atom is 0.222 e. The van der Waals surface area contributed by atoms with Crippen LogP contribution in [-0.2, 0) is 4.79 Å². The minimum atomic E-state index is 0. The Bertz CT molecular complexity index is 402. The number of hydrogen-bond donors (Lipinski definition) is 1. The van der Waals surface area contributed by atoms with E-state index in [9.17, 15) is 4.79 Å². The second-order valence-electron chi connectivity index (χ2n) is 8.62. The number of carbonyl (C=O) groups excluding carboxylic acids is 1. The van der Waals surface area contributed by atoms with E-state index in [1.165, 1.54) is 38.5 Å². The minimum Gasteiger partial charge on any atom is -0.340 e. The van der Waals surface area contributed by atoms with Crippen molar-refractivity contribution in [1.82, 2.24) is 15.1 Å². The average Bonchev–Trinajstić information content (AvgIpc) is 2.63. The van der Waals surface area contributed by atoms with Gasteiger partial charge in [-0.2, -0.15) is 0 Å². The second kappa shape index (κ2) is 11.7. The van der Waals surface area contributed by atoms with Crippen LogP contribution in [0.3, 0.4) is 0 Å². The van der Waals surface area contributed by atoms with Gasteiger partial charge < -0.3 is 10.2 Å². The molecular formula is C20H39Cl2N3O. The van der Waals surface area contributed by atoms with E-state index in [-0.39, 0.29) is 24.8 Å². The molecule has 0 aromatic rings. The fourth-order valence-electron chi connectivity index (χ4n) is 4.88. The van der Waals surface area contributed by atoms with Crippen LogP contribution in [-0.4, -0.2) is 61.0 Å². The van der Waals surface area contributed by atoms with E-state index in [1.54, 1.807) is 0 Å². The van der Waals surface area contributed by atoms with Gasteiger partial charge in [-0.15, -0.1) is 24.8 Å². The molecule has 2 aliphatic heterocycles. The number of nitrogens with one attached hydrogen (secondary N) is 1. The van der Waals surface area contributed by atoms with Gasteiger partial charge in [0.2, 0.25) is 5.91 Å². The number of rotatable bonds is 4. The summed E-state index contributed by atoms with van der Waals surface area (Å²) >= 11 is 0. The molecular weight excluding hydrogens is 369 g/mol. The first-order valence-electron chi connectivity index (χ1n) is 10.4. The number of amides is 1. The monoisotopic (exact) mass is 407 g/mol. The van der Waals surface area contributed by atoms with Crippen molar-refractivity contribution in [2.75, 3.05) is 39.3 Å². The Morgan fingerprint density at radius 1 is 1.04 bits per heavy atom. The molecule has 3 fully saturated rings. The van der Waals surface area contributed by atoms with Gasteiger partial charge in [0.05, 0.1) is 0 Å². The zero-order valence-corrected chi connectivity index (χ0v) is 18.3. The van der Waals surface area contributed by atoms with Gasteiger partial charge in [0, 0.05) is 38.6 Å². The van der Waals surface area contributed by atoms with E-state index in [1.807, 2.05) is 0 Å². The first kappa shape index (κ1) is 24.0. The molecule has 3 rings (SSSR count). The lowest BCUT2D eigenvalue weighted by molar-refractivity contribution is -0.134. The maximum absolute atomic E-state index is 12.7. The predicted octanol–water partition coefficient (Wildman–Crippen LogP) is 3.58. The molecule has 1 saturated carbocycles. The van der Waals surface area contributed by atoms with Gasteiger partial charge in [-0.25, -0.2) is 0 Å². The molecule has 1 N–H and O–H groups in total. The number of carbonyl (C=O) groups is 1. The average molecular weight is 408 g/mol. The first-order chi connectivity index (χ1) is 11.6. The third-order valence-electron chi connectivity index (χ3n) is 6.81. The van der Waals surface area contributed by atoms with E-state index in [0.717, 1.165) is 57.6 Å². The number of piperazine rings is 1. The zero-order chi connectivity index (χ0) is 16.9. The quantitative estimate of drug-likeness (QED) is 0.773. The summed E-state index contributed by atoms with van der Waals surface area (Å²) in [6.45, 7) is 11.0. The van der Waals surface area contributed by atoms with Crippen LogP contribution in [0.15, 0.2) is 0 Å². The molecule has 2 saturated heterocycles. The lowest BCUT2D eigenvalue weighted by Gasteiger charge is -2.42. The summed E-state index contributed by atoms with van der Waals surface area (Å²) in [4.78, 5) is 17.5. The SMILES string of the molecule is CC1CCC(N2CCN(C(=O)CC(C)C3CCCNC3)CC2)CC1.Cl.Cl. The lowest BCUT2D eigenvalue weighted by atomic mass is 9.85. The maximum atomic E-state index is 12.7. The largest absolute Gasteiger partial charge is 0.340 e. The molecule has 3 aliphatic rings. The standard InChI is InChI=1S/C20H37N3O.2ClH/c1-16-5-7-19(8-6-16)22-10-12-23(13-11-22)20(24)14-17(2)18-4-3-9-21-15-18;;/h16-19,21H,3-15H2,1-2H3;2*1H. The Balaban J connectivity index is 0.00000169. The van der Waals surface area contributed by atoms with Crippen molar-refractivity contribution in [2.24, 2.45) is 17.8 Å². The van der Waals surface area contributed by atoms with Gasteiger partial charge in [0.25, 0.3) is 0 Å². The highest BCUT2D eigenvalue weighted by Crippen LogP contribution is 2.28. The number of nitrogens with zero attached hydrogens (tertiary/aromatic N) is 2. The summed E-state index contributed by atoms with van der Waals surface area (Å²) in [5.41, 5.74) is 0. The molecule has 4 nitrogen and oxygen atoms in total. The lowest BCUT2D eigenvalue weighted by Crippen LogP contribution is -2.52. The normalized spacial score (nSPS) is 31.5. The number of piperidine rings is 1. The van der Waals surface area contributed by atoms with Crippen LogP contribution >= 0.6 is 24.8 Å². The van der Waals surface area contributed by atoms with Crippen LogP contribution in [0.25, 0.3) is 0 Å². The molecule has 2 atom stereocenters. The summed E-state index contributed by atoms with van der Waals surface area (Å²) in [5.74, 6) is 2.52. The molecule has 6 heteroatoms. The molecule has 154 valence electrons. The molecule has 0 spiro atoms. The van der Waals surface area contributed by atoms with E-state index in [0.29, 0.717) is 17.7 Å². The van der Waals surface area contributed by atoms with Gasteiger partial charge in [0.1, 0.15) is 0 Å². The second-order valence-corrected chi connectivity index (χ2v) is 8.62. The van der Waals surface area contributed by atoms with Crippen molar-refractivity contribution in [3.05, 3.63) is 0 Å². The summed E-state index contributed by atoms with van der Waals surface area (Å²) in [7, 11) is 0. The Morgan fingerprint density at radius 3 is 2.27 bits per heavy atom. The Hall–Kier alpha value is -0.0300. The van der Waals surface area contributed by atoms with Crippen LogP contribution in [0, 0.1) is 17.8 Å². The van der Waals surface area contributed by atoms with Crippen LogP contribution < -0.4 is 5.32 Å². The fraction of sp³-hybridized carbons (Fsp3) is 0.950. The highest BCUT2D eigenvalue weighted by molar-refractivity contribution is 5.85. The molecule has 0 radical (unpaired) electrons. The smallest absolute Gasteiger partial charge is 0.222 e. The summed E-state index contributed by atoms with van der Waals surface area (Å²) < 4.78 is 0. The van der Waals surface area contributed by atoms with Gasteiger partial charge >= 0.3 is 0 Å². The third kappa shape index (κ3) is 6.54. The summed E-state index contributed by atoms with van der Waals surface area (Å²) in [6, 6.07) is 0.783. The highest BCUT2D eigenvalue weighted by atomic mass is 35.5. The van der Waals surface area contributed by atoms with Gasteiger partial charge in [-0.3, -0.25) is 9.69 Å². The third-order valence-corrected chi connectivity index (χ3v) is 6.81. The van der Waals surface area contributed by atoms with Crippen molar-refractivity contribution in [2.45, 2.75) is 64.8 Å². The van der Waals surface area contributed by atoms with Crippen LogP contribution in [0.2, 0.25) is 0 Å². The fourth-order valence-corrected chi connectivity index (χ4v) is 4.88. The van der Waals surface area contributed by atoms with Crippen LogP contribution in [0.5, 0.6) is 0 Å². The van der Waals surface area contributed by atoms with Crippen LogP contribution in [0.1, 0.15) is 58.8 Å². The van der Waals surface area contributed by atoms with Gasteiger partial charge in [-0.1, -0.05) is 13.8 Å². The molecule has 0 bridgehead atoms. The van der Waals surface area contributed by atoms with Crippen molar-refractivity contribution in [1.29, 1.82) is 0 Å². The predicted molar refractivity (Wildman–Crippen MR) is 113 cm³/mol. The first-order valence-corrected chi connectivity index (χ1v) is 10.4. The Morgan fingerprint density at radius 2 is 1.69 bits per heavy atom. The van der Waals surface area contributed by atoms with E-state index >= 15 is 0 Å². The van der Waals surface area contributed by atoms with Gasteiger partial charge in [-0.05, 0) is 69.4 Å². The van der Waals surface area contributed by atoms with Crippen molar-refractivity contribution < 1.29 is 4.79 Å². The van der Waals surface area contributed by atoms with Crippen molar-refractivity contribution in [3.8, 4) is 0 Å². The molecule has 0 aromatic carbocycles. The number of halogens is 2. The molecule has 26 heavy (non-hydrogen) atoms. The molecule has 2 unspecified atom stereocenters.